The molecule has 0 spiro atoms. The molecule has 6 rings (SSSR count). The van der Waals surface area contributed by atoms with Crippen LogP contribution in [0.1, 0.15) is 77.1 Å². The average molecular weight is 677 g/mol. The number of azo groups is 1. The summed E-state index contributed by atoms with van der Waals surface area (Å²) < 4.78 is 3.83. The van der Waals surface area contributed by atoms with Crippen LogP contribution in [-0.4, -0.2) is 37.8 Å². The van der Waals surface area contributed by atoms with E-state index in [0.29, 0.717) is 33.7 Å². The molecule has 4 aromatic heterocycles. The highest BCUT2D eigenvalue weighted by molar-refractivity contribution is 7.22. The first-order chi connectivity index (χ1) is 23.2. The highest BCUT2D eigenvalue weighted by Crippen LogP contribution is 2.40. The number of hydrogen-bond donors (Lipinski definition) is 1. The number of thiazole rings is 2. The highest BCUT2D eigenvalue weighted by Gasteiger charge is 2.29. The van der Waals surface area contributed by atoms with E-state index in [4.69, 9.17) is 30.3 Å². The molecule has 0 aliphatic carbocycles. The predicted molar refractivity (Wildman–Crippen MR) is 198 cm³/mol. The molecule has 12 heteroatoms. The van der Waals surface area contributed by atoms with Crippen LogP contribution in [0.25, 0.3) is 25.6 Å². The lowest BCUT2D eigenvalue weighted by molar-refractivity contribution is 0.559. The number of benzene rings is 2. The summed E-state index contributed by atoms with van der Waals surface area (Å²) in [5, 5.41) is 29.9. The lowest BCUT2D eigenvalue weighted by Crippen LogP contribution is -2.20. The highest BCUT2D eigenvalue weighted by atomic mass is 32.1. The second-order valence-corrected chi connectivity index (χ2v) is 14.7. The van der Waals surface area contributed by atoms with E-state index in [1.807, 2.05) is 70.2 Å². The van der Waals surface area contributed by atoms with E-state index >= 15 is 0 Å². The van der Waals surface area contributed by atoms with Gasteiger partial charge in [-0.15, -0.1) is 10.2 Å². The molecule has 0 saturated heterocycles. The topological polar surface area (TPSA) is 120 Å². The molecule has 10 nitrogen and oxygen atoms in total. The van der Waals surface area contributed by atoms with Crippen molar-refractivity contribution in [3.63, 3.8) is 0 Å². The maximum absolute atomic E-state index is 10.4. The SMILES string of the molecule is CCCCNc1nc(N(CCCC)c2nc3ccccc3s2)cc(C)c1/N=N/c1c(C#N)c(C(C)(C)C)nn1-c1nc2ccccc2s1. The Balaban J connectivity index is 1.47. The second kappa shape index (κ2) is 14.2. The number of unbranched alkanes of at least 4 members (excludes halogenated alkanes) is 2. The number of para-hydroxylation sites is 2. The van der Waals surface area contributed by atoms with Gasteiger partial charge in [0.15, 0.2) is 16.8 Å². The van der Waals surface area contributed by atoms with Gasteiger partial charge in [0.05, 0.1) is 26.1 Å². The second-order valence-electron chi connectivity index (χ2n) is 12.7. The lowest BCUT2D eigenvalue weighted by atomic mass is 9.90. The van der Waals surface area contributed by atoms with E-state index in [-0.39, 0.29) is 0 Å². The van der Waals surface area contributed by atoms with Crippen molar-refractivity contribution in [2.24, 2.45) is 10.2 Å². The molecule has 0 aliphatic rings. The molecule has 6 aromatic rings. The first-order valence-corrected chi connectivity index (χ1v) is 18.0. The Kier molecular flexibility index (Phi) is 9.80. The van der Waals surface area contributed by atoms with Gasteiger partial charge in [-0.2, -0.15) is 15.0 Å². The quantitative estimate of drug-likeness (QED) is 0.101. The van der Waals surface area contributed by atoms with E-state index < -0.39 is 5.41 Å². The monoisotopic (exact) mass is 676 g/mol. The Labute approximate surface area is 289 Å². The zero-order valence-electron chi connectivity index (χ0n) is 28.3. The molecule has 1 N–H and O–H groups in total. The van der Waals surface area contributed by atoms with Gasteiger partial charge in [-0.3, -0.25) is 0 Å². The van der Waals surface area contributed by atoms with Crippen molar-refractivity contribution in [1.82, 2.24) is 24.7 Å². The molecule has 0 atom stereocenters. The fraction of sp³-hybridized carbons (Fsp3) is 0.361. The Morgan fingerprint density at radius 3 is 2.25 bits per heavy atom. The Morgan fingerprint density at radius 2 is 1.60 bits per heavy atom. The maximum Gasteiger partial charge on any atom is 0.213 e. The Bertz CT molecular complexity index is 2060. The maximum atomic E-state index is 10.4. The van der Waals surface area contributed by atoms with Crippen LogP contribution in [0.15, 0.2) is 64.8 Å². The van der Waals surface area contributed by atoms with E-state index in [1.54, 1.807) is 16.0 Å². The molecule has 48 heavy (non-hydrogen) atoms. The van der Waals surface area contributed by atoms with E-state index in [0.717, 1.165) is 75.7 Å². The van der Waals surface area contributed by atoms with Gasteiger partial charge in [0.25, 0.3) is 0 Å². The largest absolute Gasteiger partial charge is 0.368 e. The van der Waals surface area contributed by atoms with Crippen molar-refractivity contribution in [3.05, 3.63) is 71.4 Å². The van der Waals surface area contributed by atoms with Gasteiger partial charge in [-0.1, -0.05) is 94.4 Å². The number of aryl methyl sites for hydroxylation is 1. The fourth-order valence-corrected chi connectivity index (χ4v) is 7.25. The average Bonchev–Trinajstić information content (AvgIpc) is 3.79. The predicted octanol–water partition coefficient (Wildman–Crippen LogP) is 10.5. The van der Waals surface area contributed by atoms with Crippen LogP contribution >= 0.6 is 22.7 Å². The fourth-order valence-electron chi connectivity index (χ4n) is 5.33. The molecule has 0 unspecified atom stereocenters. The van der Waals surface area contributed by atoms with Crippen LogP contribution in [0.2, 0.25) is 0 Å². The first-order valence-electron chi connectivity index (χ1n) is 16.4. The molecule has 2 aromatic carbocycles. The normalized spacial score (nSPS) is 11.9. The van der Waals surface area contributed by atoms with Crippen molar-refractivity contribution in [3.8, 4) is 11.2 Å². The first kappa shape index (κ1) is 33.2. The van der Waals surface area contributed by atoms with Crippen molar-refractivity contribution in [1.29, 1.82) is 5.26 Å². The van der Waals surface area contributed by atoms with Gasteiger partial charge >= 0.3 is 0 Å². The van der Waals surface area contributed by atoms with Gasteiger partial charge in [-0.25, -0.2) is 15.0 Å². The molecule has 0 bridgehead atoms. The smallest absolute Gasteiger partial charge is 0.213 e. The van der Waals surface area contributed by atoms with Gasteiger partial charge < -0.3 is 10.2 Å². The van der Waals surface area contributed by atoms with E-state index in [9.17, 15) is 5.26 Å². The number of fused-ring (bicyclic) bond motifs is 2. The molecule has 0 fully saturated rings. The summed E-state index contributed by atoms with van der Waals surface area (Å²) in [6, 6.07) is 20.6. The summed E-state index contributed by atoms with van der Waals surface area (Å²) >= 11 is 3.18. The molecule has 0 amide bonds. The zero-order valence-corrected chi connectivity index (χ0v) is 29.9. The summed E-state index contributed by atoms with van der Waals surface area (Å²) in [5.41, 5.74) is 4.01. The van der Waals surface area contributed by atoms with Crippen LogP contribution < -0.4 is 10.2 Å². The standard InChI is InChI=1S/C36H40N10S2/c1-7-9-19-38-32-30(23(3)21-29(41-32)45(20-10-8-2)34-39-25-15-11-13-17-27(25)47-34)42-43-33-24(22-37)31(36(4,5)6)44-46(33)35-40-26-16-12-14-18-28(26)48-35/h11-18,21H,7-10,19-20H2,1-6H3,(H,38,41)/b43-42+. The number of anilines is 3. The molecule has 0 aliphatic heterocycles. The number of aromatic nitrogens is 5. The number of hydrogen-bond acceptors (Lipinski definition) is 11. The summed E-state index contributed by atoms with van der Waals surface area (Å²) in [6.45, 7) is 14.0. The number of rotatable bonds is 12. The van der Waals surface area contributed by atoms with Crippen molar-refractivity contribution >= 4 is 71.4 Å². The molecule has 4 heterocycles. The minimum absolute atomic E-state index is 0.350. The van der Waals surface area contributed by atoms with Crippen LogP contribution in [0.5, 0.6) is 0 Å². The number of nitriles is 1. The number of pyridine rings is 1. The van der Waals surface area contributed by atoms with Crippen LogP contribution in [0.3, 0.4) is 0 Å². The minimum atomic E-state index is -0.397. The van der Waals surface area contributed by atoms with Crippen molar-refractivity contribution in [2.45, 2.75) is 72.6 Å². The molecule has 0 saturated carbocycles. The Morgan fingerprint density at radius 1 is 0.917 bits per heavy atom. The van der Waals surface area contributed by atoms with Gasteiger partial charge in [-0.05, 0) is 55.7 Å². The summed E-state index contributed by atoms with van der Waals surface area (Å²) in [7, 11) is 0. The van der Waals surface area contributed by atoms with E-state index in [1.165, 1.54) is 11.3 Å². The minimum Gasteiger partial charge on any atom is -0.368 e. The molecule has 0 radical (unpaired) electrons. The zero-order chi connectivity index (χ0) is 33.8. The summed E-state index contributed by atoms with van der Waals surface area (Å²) in [6.07, 6.45) is 4.07. The van der Waals surface area contributed by atoms with Gasteiger partial charge in [0, 0.05) is 18.5 Å². The third-order valence-corrected chi connectivity index (χ3v) is 9.98. The molecule has 246 valence electrons. The third kappa shape index (κ3) is 6.79. The summed E-state index contributed by atoms with van der Waals surface area (Å²) in [5.74, 6) is 1.80. The van der Waals surface area contributed by atoms with Gasteiger partial charge in [0.1, 0.15) is 23.1 Å². The molecular weight excluding hydrogens is 637 g/mol. The molecular formula is C36H40N10S2. The van der Waals surface area contributed by atoms with Crippen molar-refractivity contribution < 1.29 is 0 Å². The van der Waals surface area contributed by atoms with Crippen LogP contribution in [0, 0.1) is 18.3 Å². The third-order valence-electron chi connectivity index (χ3n) is 7.91. The van der Waals surface area contributed by atoms with E-state index in [2.05, 4.69) is 42.3 Å². The van der Waals surface area contributed by atoms with Crippen LogP contribution in [-0.2, 0) is 5.41 Å². The Hall–Kier alpha value is -4.73. The van der Waals surface area contributed by atoms with Crippen molar-refractivity contribution in [2.75, 3.05) is 23.3 Å². The number of nitrogens with zero attached hydrogens (tertiary/aromatic N) is 9. The van der Waals surface area contributed by atoms with Crippen LogP contribution in [0.4, 0.5) is 28.3 Å². The number of nitrogens with one attached hydrogen (secondary N) is 1. The lowest BCUT2D eigenvalue weighted by Gasteiger charge is -2.23. The van der Waals surface area contributed by atoms with Gasteiger partial charge in [0.2, 0.25) is 5.13 Å². The summed E-state index contributed by atoms with van der Waals surface area (Å²) in [4.78, 5) is 17.1.